The lowest BCUT2D eigenvalue weighted by molar-refractivity contribution is 0.0400. The smallest absolute Gasteiger partial charge is 0.508 e. The standard InChI is InChI=1S/C7H8O6Si/c8-6-3-1-5(2-4-6)7(9)13-14(10,11)12/h1-4,8,10-12H. The number of aromatic hydroxyl groups is 1. The van der Waals surface area contributed by atoms with E-state index in [4.69, 9.17) is 19.5 Å². The van der Waals surface area contributed by atoms with Crippen LogP contribution >= 0.6 is 0 Å². The number of carbonyl (C=O) groups excluding carboxylic acids is 1. The molecule has 1 aromatic rings. The molecule has 0 aliphatic heterocycles. The molecule has 14 heavy (non-hydrogen) atoms. The van der Waals surface area contributed by atoms with Crippen LogP contribution in [0.25, 0.3) is 0 Å². The van der Waals surface area contributed by atoms with Crippen molar-refractivity contribution in [2.45, 2.75) is 0 Å². The van der Waals surface area contributed by atoms with E-state index in [-0.39, 0.29) is 11.3 Å². The number of hydrogen-bond donors (Lipinski definition) is 4. The first kappa shape index (κ1) is 10.7. The lowest BCUT2D eigenvalue weighted by Gasteiger charge is -2.09. The largest absolute Gasteiger partial charge is 0.743 e. The minimum Gasteiger partial charge on any atom is -0.508 e. The first-order valence-electron chi connectivity index (χ1n) is 3.58. The van der Waals surface area contributed by atoms with Crippen molar-refractivity contribution in [1.82, 2.24) is 0 Å². The summed E-state index contributed by atoms with van der Waals surface area (Å²) in [6.45, 7) is 0. The molecule has 0 fully saturated rings. The van der Waals surface area contributed by atoms with Crippen molar-refractivity contribution in [2.24, 2.45) is 0 Å². The third-order valence-corrected chi connectivity index (χ3v) is 1.79. The molecule has 0 aliphatic rings. The van der Waals surface area contributed by atoms with Crippen LogP contribution in [0.4, 0.5) is 0 Å². The molecule has 1 aromatic carbocycles. The Labute approximate surface area is 80.1 Å². The summed E-state index contributed by atoms with van der Waals surface area (Å²) in [7, 11) is -4.83. The van der Waals surface area contributed by atoms with Gasteiger partial charge in [-0.3, -0.25) is 0 Å². The molecule has 7 heteroatoms. The third-order valence-electron chi connectivity index (χ3n) is 1.33. The second-order valence-corrected chi connectivity index (χ2v) is 3.86. The quantitative estimate of drug-likeness (QED) is 0.470. The predicted octanol–water partition coefficient (Wildman–Crippen LogP) is -1.04. The van der Waals surface area contributed by atoms with Gasteiger partial charge in [0.2, 0.25) is 0 Å². The Morgan fingerprint density at radius 3 is 2.07 bits per heavy atom. The molecule has 0 aromatic heterocycles. The van der Waals surface area contributed by atoms with Crippen LogP contribution < -0.4 is 0 Å². The van der Waals surface area contributed by atoms with E-state index in [0.29, 0.717) is 0 Å². The van der Waals surface area contributed by atoms with E-state index in [1.807, 2.05) is 0 Å². The van der Waals surface area contributed by atoms with E-state index < -0.39 is 15.0 Å². The van der Waals surface area contributed by atoms with Crippen LogP contribution in [0.1, 0.15) is 10.4 Å². The average molecular weight is 216 g/mol. The van der Waals surface area contributed by atoms with Crippen molar-refractivity contribution >= 4 is 15.0 Å². The molecule has 0 radical (unpaired) electrons. The maximum Gasteiger partial charge on any atom is 0.743 e. The molecule has 76 valence electrons. The minimum absolute atomic E-state index is 0.00294. The van der Waals surface area contributed by atoms with Crippen molar-refractivity contribution in [3.8, 4) is 5.75 Å². The van der Waals surface area contributed by atoms with Crippen molar-refractivity contribution in [2.75, 3.05) is 0 Å². The molecule has 0 amide bonds. The monoisotopic (exact) mass is 216 g/mol. The fraction of sp³-hybridized carbons (Fsp3) is 0. The Morgan fingerprint density at radius 1 is 1.14 bits per heavy atom. The Bertz CT molecular complexity index is 327. The van der Waals surface area contributed by atoms with Crippen LogP contribution in [0.3, 0.4) is 0 Å². The van der Waals surface area contributed by atoms with Gasteiger partial charge in [0, 0.05) is 0 Å². The van der Waals surface area contributed by atoms with E-state index in [1.54, 1.807) is 0 Å². The molecule has 0 spiro atoms. The van der Waals surface area contributed by atoms with Crippen LogP contribution in [0.2, 0.25) is 0 Å². The van der Waals surface area contributed by atoms with Crippen molar-refractivity contribution in [3.05, 3.63) is 29.8 Å². The highest BCUT2D eigenvalue weighted by molar-refractivity contribution is 6.51. The van der Waals surface area contributed by atoms with Crippen molar-refractivity contribution < 1.29 is 28.7 Å². The zero-order valence-electron chi connectivity index (χ0n) is 6.91. The van der Waals surface area contributed by atoms with E-state index >= 15 is 0 Å². The molecule has 0 aliphatic carbocycles. The lowest BCUT2D eigenvalue weighted by atomic mass is 10.2. The Morgan fingerprint density at radius 2 is 1.64 bits per heavy atom. The first-order chi connectivity index (χ1) is 6.38. The van der Waals surface area contributed by atoms with Gasteiger partial charge in [-0.25, -0.2) is 4.79 Å². The fourth-order valence-electron chi connectivity index (χ4n) is 0.781. The van der Waals surface area contributed by atoms with Gasteiger partial charge in [0.05, 0.1) is 5.56 Å². The molecular formula is C7H8O6Si. The number of phenolic OH excluding ortho intramolecular Hbond substituents is 1. The van der Waals surface area contributed by atoms with Gasteiger partial charge in [0.25, 0.3) is 0 Å². The van der Waals surface area contributed by atoms with Gasteiger partial charge in [0.15, 0.2) is 0 Å². The minimum atomic E-state index is -4.83. The van der Waals surface area contributed by atoms with Gasteiger partial charge in [-0.2, -0.15) is 0 Å². The molecule has 0 atom stereocenters. The van der Waals surface area contributed by atoms with Gasteiger partial charge in [-0.1, -0.05) is 0 Å². The van der Waals surface area contributed by atoms with Gasteiger partial charge >= 0.3 is 15.0 Å². The number of carbonyl (C=O) groups is 1. The Balaban J connectivity index is 2.76. The zero-order valence-corrected chi connectivity index (χ0v) is 7.91. The topological polar surface area (TPSA) is 107 Å². The highest BCUT2D eigenvalue weighted by atomic mass is 28.4. The molecular weight excluding hydrogens is 208 g/mol. The summed E-state index contributed by atoms with van der Waals surface area (Å²) >= 11 is 0. The molecule has 0 saturated carbocycles. The highest BCUT2D eigenvalue weighted by Crippen LogP contribution is 2.11. The summed E-state index contributed by atoms with van der Waals surface area (Å²) in [5.41, 5.74) is -0.00294. The Kier molecular flexibility index (Phi) is 2.86. The third kappa shape index (κ3) is 3.15. The normalized spacial score (nSPS) is 11.1. The van der Waals surface area contributed by atoms with Crippen molar-refractivity contribution in [1.29, 1.82) is 0 Å². The highest BCUT2D eigenvalue weighted by Gasteiger charge is 2.36. The molecule has 0 unspecified atom stereocenters. The molecule has 1 rings (SSSR count). The second kappa shape index (κ2) is 3.76. The van der Waals surface area contributed by atoms with E-state index in [2.05, 4.69) is 4.43 Å². The lowest BCUT2D eigenvalue weighted by Crippen LogP contribution is -2.41. The SMILES string of the molecule is O=C(O[Si](O)(O)O)c1ccc(O)cc1. The van der Waals surface area contributed by atoms with Crippen LogP contribution in [-0.2, 0) is 4.43 Å². The van der Waals surface area contributed by atoms with Crippen LogP contribution in [0.15, 0.2) is 24.3 Å². The summed E-state index contributed by atoms with van der Waals surface area (Å²) in [5, 5.41) is 8.88. The molecule has 6 nitrogen and oxygen atoms in total. The second-order valence-electron chi connectivity index (χ2n) is 2.51. The van der Waals surface area contributed by atoms with Gasteiger partial charge in [-0.05, 0) is 24.3 Å². The van der Waals surface area contributed by atoms with E-state index in [1.165, 1.54) is 24.3 Å². The molecule has 0 heterocycles. The van der Waals surface area contributed by atoms with E-state index in [9.17, 15) is 4.79 Å². The summed E-state index contributed by atoms with van der Waals surface area (Å²) in [6.07, 6.45) is 0. The van der Waals surface area contributed by atoms with Crippen molar-refractivity contribution in [3.63, 3.8) is 0 Å². The number of benzene rings is 1. The zero-order chi connectivity index (χ0) is 10.8. The molecule has 4 N–H and O–H groups in total. The molecule has 0 bridgehead atoms. The maximum absolute atomic E-state index is 11.0. The van der Waals surface area contributed by atoms with Crippen LogP contribution in [0, 0.1) is 0 Å². The average Bonchev–Trinajstić information content (AvgIpc) is 2.02. The fourth-order valence-corrected chi connectivity index (χ4v) is 1.15. The van der Waals surface area contributed by atoms with Gasteiger partial charge < -0.3 is 23.9 Å². The first-order valence-corrected chi connectivity index (χ1v) is 5.33. The van der Waals surface area contributed by atoms with Crippen LogP contribution in [0.5, 0.6) is 5.75 Å². The maximum atomic E-state index is 11.0. The summed E-state index contributed by atoms with van der Waals surface area (Å²) in [5.74, 6) is -1.11. The summed E-state index contributed by atoms with van der Waals surface area (Å²) in [6, 6.07) is 4.90. The number of phenols is 1. The van der Waals surface area contributed by atoms with E-state index in [0.717, 1.165) is 0 Å². The predicted molar refractivity (Wildman–Crippen MR) is 45.9 cm³/mol. The summed E-state index contributed by atoms with van der Waals surface area (Å²) in [4.78, 5) is 36.4. The van der Waals surface area contributed by atoms with Crippen LogP contribution in [-0.4, -0.2) is 34.5 Å². The Hall–Kier alpha value is -1.41. The van der Waals surface area contributed by atoms with Gasteiger partial charge in [-0.15, -0.1) is 0 Å². The van der Waals surface area contributed by atoms with Gasteiger partial charge in [0.1, 0.15) is 5.75 Å². The summed E-state index contributed by atoms with van der Waals surface area (Å²) < 4.78 is 3.95. The number of hydrogen-bond acceptors (Lipinski definition) is 6. The molecule has 0 saturated heterocycles. The number of rotatable bonds is 2.